The number of carbonyl (C=O) groups is 2. The molecule has 0 aliphatic rings. The maximum absolute atomic E-state index is 12.2. The van der Waals surface area contributed by atoms with E-state index < -0.39 is 11.8 Å². The fourth-order valence-electron chi connectivity index (χ4n) is 2.08. The molecule has 0 fully saturated rings. The molecule has 0 heterocycles. The molecule has 2 aromatic rings. The minimum Gasteiger partial charge on any atom is -0.497 e. The van der Waals surface area contributed by atoms with Crippen molar-refractivity contribution in [2.24, 2.45) is 0 Å². The van der Waals surface area contributed by atoms with Crippen molar-refractivity contribution in [3.8, 4) is 11.5 Å². The molecule has 8 nitrogen and oxygen atoms in total. The number of amides is 2. The fraction of sp³-hybridized carbons (Fsp3) is 0.211. The van der Waals surface area contributed by atoms with E-state index in [0.717, 1.165) is 0 Å². The van der Waals surface area contributed by atoms with Crippen LogP contribution in [0.5, 0.6) is 11.5 Å². The molecule has 0 atom stereocenters. The van der Waals surface area contributed by atoms with Crippen molar-refractivity contribution >= 4 is 29.1 Å². The number of nitrogens with one attached hydrogen (secondary N) is 3. The monoisotopic (exact) mass is 403 g/mol. The van der Waals surface area contributed by atoms with E-state index in [0.29, 0.717) is 35.8 Å². The fourth-order valence-corrected chi connectivity index (χ4v) is 2.22. The molecule has 28 heavy (non-hydrogen) atoms. The molecule has 0 saturated carbocycles. The quantitative estimate of drug-likeness (QED) is 0.368. The average molecular weight is 403 g/mol. The number of thiocarbonyl (C=S) groups is 1. The Morgan fingerprint density at radius 3 is 1.96 bits per heavy atom. The van der Waals surface area contributed by atoms with E-state index >= 15 is 0 Å². The van der Waals surface area contributed by atoms with Crippen LogP contribution < -0.4 is 25.6 Å². The van der Waals surface area contributed by atoms with Gasteiger partial charge in [-0.1, -0.05) is 0 Å². The van der Waals surface area contributed by atoms with Gasteiger partial charge in [-0.05, 0) is 60.7 Å². The number of carbonyl (C=O) groups excluding carboxylic acids is 2. The Morgan fingerprint density at radius 1 is 0.821 bits per heavy atom. The number of methoxy groups -OCH3 is 2. The summed E-state index contributed by atoms with van der Waals surface area (Å²) >= 11 is 5.02. The molecule has 0 aromatic heterocycles. The van der Waals surface area contributed by atoms with E-state index in [2.05, 4.69) is 16.2 Å². The third kappa shape index (κ3) is 6.53. The van der Waals surface area contributed by atoms with Crippen LogP contribution in [0.15, 0.2) is 48.5 Å². The van der Waals surface area contributed by atoms with Gasteiger partial charge >= 0.3 is 0 Å². The van der Waals surface area contributed by atoms with Crippen molar-refractivity contribution in [1.29, 1.82) is 0 Å². The highest BCUT2D eigenvalue weighted by atomic mass is 32.1. The molecule has 2 rings (SSSR count). The van der Waals surface area contributed by atoms with Crippen LogP contribution in [0.2, 0.25) is 0 Å². The van der Waals surface area contributed by atoms with Gasteiger partial charge in [-0.25, -0.2) is 0 Å². The van der Waals surface area contributed by atoms with E-state index in [-0.39, 0.29) is 5.11 Å². The first-order valence-electron chi connectivity index (χ1n) is 8.31. The highest BCUT2D eigenvalue weighted by Gasteiger charge is 2.10. The molecule has 2 amide bonds. The van der Waals surface area contributed by atoms with Gasteiger partial charge in [0.1, 0.15) is 18.1 Å². The van der Waals surface area contributed by atoms with Crippen LogP contribution in [-0.2, 0) is 4.74 Å². The minimum absolute atomic E-state index is 0.0349. The standard InChI is InChI=1S/C19H21N3O5S/c1-25-11-12-27-16-9-5-13(6-10-16)17(23)20-19(28)22-21-18(24)14-3-7-15(26-2)8-4-14/h3-10H,11-12H2,1-2H3,(H,21,24)(H2,20,22,23,28). The summed E-state index contributed by atoms with van der Waals surface area (Å²) < 4.78 is 15.4. The highest BCUT2D eigenvalue weighted by Crippen LogP contribution is 2.12. The molecule has 0 spiro atoms. The number of hydrogen-bond donors (Lipinski definition) is 3. The van der Waals surface area contributed by atoms with Gasteiger partial charge in [0.05, 0.1) is 13.7 Å². The number of rotatable bonds is 7. The number of ether oxygens (including phenoxy) is 3. The van der Waals surface area contributed by atoms with Crippen LogP contribution >= 0.6 is 12.2 Å². The van der Waals surface area contributed by atoms with Crippen LogP contribution in [-0.4, -0.2) is 44.4 Å². The molecule has 0 radical (unpaired) electrons. The molecule has 0 unspecified atom stereocenters. The Labute approximate surface area is 168 Å². The Hall–Kier alpha value is -3.17. The lowest BCUT2D eigenvalue weighted by molar-refractivity contribution is 0.0934. The van der Waals surface area contributed by atoms with Gasteiger partial charge in [0.25, 0.3) is 11.8 Å². The van der Waals surface area contributed by atoms with Gasteiger partial charge in [-0.15, -0.1) is 0 Å². The molecule has 2 aromatic carbocycles. The number of hydrazine groups is 1. The van der Waals surface area contributed by atoms with Gasteiger partial charge in [0.2, 0.25) is 0 Å². The predicted octanol–water partition coefficient (Wildman–Crippen LogP) is 1.67. The molecule has 148 valence electrons. The zero-order chi connectivity index (χ0) is 20.4. The normalized spacial score (nSPS) is 9.93. The minimum atomic E-state index is -0.417. The maximum Gasteiger partial charge on any atom is 0.269 e. The number of hydrogen-bond acceptors (Lipinski definition) is 6. The summed E-state index contributed by atoms with van der Waals surface area (Å²) in [6, 6.07) is 13.1. The summed E-state index contributed by atoms with van der Waals surface area (Å²) in [4.78, 5) is 24.2. The third-order valence-electron chi connectivity index (χ3n) is 3.54. The molecule has 0 bridgehead atoms. The smallest absolute Gasteiger partial charge is 0.269 e. The van der Waals surface area contributed by atoms with Crippen molar-refractivity contribution in [1.82, 2.24) is 16.2 Å². The SMILES string of the molecule is COCCOc1ccc(C(=O)NC(=S)NNC(=O)c2ccc(OC)cc2)cc1. The largest absolute Gasteiger partial charge is 0.497 e. The maximum atomic E-state index is 12.2. The van der Waals surface area contributed by atoms with Gasteiger partial charge < -0.3 is 14.2 Å². The van der Waals surface area contributed by atoms with Crippen molar-refractivity contribution in [2.75, 3.05) is 27.4 Å². The van der Waals surface area contributed by atoms with Gasteiger partial charge in [0.15, 0.2) is 5.11 Å². The van der Waals surface area contributed by atoms with Crippen molar-refractivity contribution in [3.63, 3.8) is 0 Å². The van der Waals surface area contributed by atoms with Crippen LogP contribution in [0.3, 0.4) is 0 Å². The summed E-state index contributed by atoms with van der Waals surface area (Å²) in [5.74, 6) is 0.444. The molecule has 3 N–H and O–H groups in total. The second-order valence-corrected chi connectivity index (χ2v) is 5.86. The van der Waals surface area contributed by atoms with Gasteiger partial charge in [-0.2, -0.15) is 0 Å². The molecular weight excluding hydrogens is 382 g/mol. The Balaban J connectivity index is 1.79. The van der Waals surface area contributed by atoms with E-state index in [1.165, 1.54) is 0 Å². The van der Waals surface area contributed by atoms with E-state index in [9.17, 15) is 9.59 Å². The van der Waals surface area contributed by atoms with Crippen LogP contribution in [0.1, 0.15) is 20.7 Å². The number of benzene rings is 2. The summed E-state index contributed by atoms with van der Waals surface area (Å²) in [5.41, 5.74) is 5.70. The molecule has 0 saturated heterocycles. The summed E-state index contributed by atoms with van der Waals surface area (Å²) in [6.07, 6.45) is 0. The summed E-state index contributed by atoms with van der Waals surface area (Å²) in [7, 11) is 3.13. The highest BCUT2D eigenvalue weighted by molar-refractivity contribution is 7.80. The van der Waals surface area contributed by atoms with E-state index in [1.54, 1.807) is 62.8 Å². The first-order chi connectivity index (χ1) is 13.5. The zero-order valence-corrected chi connectivity index (χ0v) is 16.3. The molecule has 9 heteroatoms. The average Bonchev–Trinajstić information content (AvgIpc) is 2.72. The van der Waals surface area contributed by atoms with Gasteiger partial charge in [0, 0.05) is 18.2 Å². The lowest BCUT2D eigenvalue weighted by Crippen LogP contribution is -2.48. The first-order valence-corrected chi connectivity index (χ1v) is 8.72. The second-order valence-electron chi connectivity index (χ2n) is 5.46. The van der Waals surface area contributed by atoms with Crippen LogP contribution in [0.4, 0.5) is 0 Å². The lowest BCUT2D eigenvalue weighted by Gasteiger charge is -2.11. The van der Waals surface area contributed by atoms with Crippen molar-refractivity contribution < 1.29 is 23.8 Å². The summed E-state index contributed by atoms with van der Waals surface area (Å²) in [6.45, 7) is 0.897. The Kier molecular flexibility index (Phi) is 8.19. The van der Waals surface area contributed by atoms with Crippen LogP contribution in [0.25, 0.3) is 0 Å². The van der Waals surface area contributed by atoms with Gasteiger partial charge in [-0.3, -0.25) is 25.8 Å². The Bertz CT molecular complexity index is 809. The summed E-state index contributed by atoms with van der Waals surface area (Å²) in [5, 5.41) is 2.44. The van der Waals surface area contributed by atoms with Crippen LogP contribution in [0, 0.1) is 0 Å². The lowest BCUT2D eigenvalue weighted by atomic mass is 10.2. The molecular formula is C19H21N3O5S. The molecule has 0 aliphatic carbocycles. The third-order valence-corrected chi connectivity index (χ3v) is 3.75. The zero-order valence-electron chi connectivity index (χ0n) is 15.5. The predicted molar refractivity (Wildman–Crippen MR) is 107 cm³/mol. The second kappa shape index (κ2) is 10.9. The van der Waals surface area contributed by atoms with E-state index in [1.807, 2.05) is 0 Å². The van der Waals surface area contributed by atoms with Crippen molar-refractivity contribution in [2.45, 2.75) is 0 Å². The van der Waals surface area contributed by atoms with E-state index in [4.69, 9.17) is 26.4 Å². The first kappa shape index (κ1) is 21.1. The topological polar surface area (TPSA) is 97.9 Å². The van der Waals surface area contributed by atoms with Crippen molar-refractivity contribution in [3.05, 3.63) is 59.7 Å². The molecule has 0 aliphatic heterocycles. The Morgan fingerprint density at radius 2 is 1.39 bits per heavy atom.